The molecule has 3 aromatic rings. The van der Waals surface area contributed by atoms with Crippen molar-refractivity contribution in [3.63, 3.8) is 0 Å². The summed E-state index contributed by atoms with van der Waals surface area (Å²) in [6.07, 6.45) is 3.74. The highest BCUT2D eigenvalue weighted by molar-refractivity contribution is 5.44. The van der Waals surface area contributed by atoms with Gasteiger partial charge in [0, 0.05) is 31.7 Å². The zero-order valence-electron chi connectivity index (χ0n) is 14.7. The molecule has 0 aromatic carbocycles. The Morgan fingerprint density at radius 1 is 1.28 bits per heavy atom. The molecule has 1 aliphatic heterocycles. The number of hydrogen-bond acceptors (Lipinski definition) is 5. The molecule has 0 N–H and O–H groups in total. The van der Waals surface area contributed by atoms with Crippen molar-refractivity contribution in [1.82, 2.24) is 29.0 Å². The van der Waals surface area contributed by atoms with E-state index >= 15 is 0 Å². The van der Waals surface area contributed by atoms with E-state index in [1.807, 2.05) is 22.9 Å². The van der Waals surface area contributed by atoms with Crippen molar-refractivity contribution in [2.45, 2.75) is 45.8 Å². The number of hydrogen-bond donors (Lipinski definition) is 0. The van der Waals surface area contributed by atoms with Gasteiger partial charge in [0.1, 0.15) is 23.4 Å². The standard InChI is InChI=1S/C18H21N7/c1-12(2)17-21-22-18-13(3)23(6-7-24(17)18)11-15-9-20-16-5-4-14(8-19)10-25(15)16/h4-5,9-10,12-13H,6-7,11H2,1-3H3. The molecular formula is C18H21N7. The van der Waals surface area contributed by atoms with Gasteiger partial charge in [0.05, 0.1) is 23.5 Å². The van der Waals surface area contributed by atoms with Gasteiger partial charge < -0.3 is 8.97 Å². The van der Waals surface area contributed by atoms with Crippen LogP contribution in [0.4, 0.5) is 0 Å². The van der Waals surface area contributed by atoms with Crippen LogP contribution >= 0.6 is 0 Å². The predicted molar refractivity (Wildman–Crippen MR) is 92.8 cm³/mol. The Kier molecular flexibility index (Phi) is 3.77. The van der Waals surface area contributed by atoms with Crippen molar-refractivity contribution < 1.29 is 0 Å². The first-order valence-electron chi connectivity index (χ1n) is 8.61. The molecule has 0 spiro atoms. The Morgan fingerprint density at radius 3 is 2.88 bits per heavy atom. The maximum Gasteiger partial charge on any atom is 0.150 e. The van der Waals surface area contributed by atoms with Crippen LogP contribution in [0.15, 0.2) is 24.5 Å². The van der Waals surface area contributed by atoms with Gasteiger partial charge in [-0.1, -0.05) is 13.8 Å². The number of pyridine rings is 1. The lowest BCUT2D eigenvalue weighted by atomic mass is 10.1. The molecule has 0 radical (unpaired) electrons. The molecule has 7 nitrogen and oxygen atoms in total. The third-order valence-corrected chi connectivity index (χ3v) is 4.93. The van der Waals surface area contributed by atoms with Crippen molar-refractivity contribution in [2.24, 2.45) is 0 Å². The summed E-state index contributed by atoms with van der Waals surface area (Å²) >= 11 is 0. The van der Waals surface area contributed by atoms with E-state index in [4.69, 9.17) is 5.26 Å². The van der Waals surface area contributed by atoms with Crippen molar-refractivity contribution in [3.05, 3.63) is 47.4 Å². The Hall–Kier alpha value is -2.72. The molecule has 0 aliphatic carbocycles. The number of nitriles is 1. The van der Waals surface area contributed by atoms with E-state index in [1.54, 1.807) is 6.07 Å². The van der Waals surface area contributed by atoms with E-state index in [0.29, 0.717) is 11.5 Å². The minimum atomic E-state index is 0.193. The number of nitrogens with zero attached hydrogens (tertiary/aromatic N) is 7. The van der Waals surface area contributed by atoms with E-state index in [-0.39, 0.29) is 6.04 Å². The molecule has 0 saturated carbocycles. The monoisotopic (exact) mass is 335 g/mol. The highest BCUT2D eigenvalue weighted by Crippen LogP contribution is 2.28. The third-order valence-electron chi connectivity index (χ3n) is 4.93. The summed E-state index contributed by atoms with van der Waals surface area (Å²) in [5.41, 5.74) is 2.58. The van der Waals surface area contributed by atoms with E-state index in [1.165, 1.54) is 0 Å². The second-order valence-corrected chi connectivity index (χ2v) is 6.88. The molecule has 7 heteroatoms. The molecule has 4 heterocycles. The van der Waals surface area contributed by atoms with Crippen LogP contribution in [0.5, 0.6) is 0 Å². The lowest BCUT2D eigenvalue weighted by Crippen LogP contribution is -2.37. The van der Waals surface area contributed by atoms with Gasteiger partial charge in [0.2, 0.25) is 0 Å². The second-order valence-electron chi connectivity index (χ2n) is 6.88. The quantitative estimate of drug-likeness (QED) is 0.735. The SMILES string of the molecule is CC(C)c1nnc2n1CCN(Cc1cnc3ccc(C#N)cn13)C2C. The van der Waals surface area contributed by atoms with Gasteiger partial charge in [-0.15, -0.1) is 10.2 Å². The predicted octanol–water partition coefficient (Wildman–Crippen LogP) is 2.50. The van der Waals surface area contributed by atoms with Crippen molar-refractivity contribution in [3.8, 4) is 6.07 Å². The van der Waals surface area contributed by atoms with Gasteiger partial charge >= 0.3 is 0 Å². The smallest absolute Gasteiger partial charge is 0.150 e. The molecule has 0 saturated heterocycles. The van der Waals surface area contributed by atoms with Crippen molar-refractivity contribution in [2.75, 3.05) is 6.54 Å². The van der Waals surface area contributed by atoms with E-state index in [9.17, 15) is 0 Å². The zero-order valence-corrected chi connectivity index (χ0v) is 14.7. The maximum absolute atomic E-state index is 9.13. The summed E-state index contributed by atoms with van der Waals surface area (Å²) in [5.74, 6) is 2.47. The summed E-state index contributed by atoms with van der Waals surface area (Å²) in [5, 5.41) is 18.0. The normalized spacial score (nSPS) is 17.8. The Labute approximate surface area is 146 Å². The van der Waals surface area contributed by atoms with Gasteiger partial charge in [0.25, 0.3) is 0 Å². The highest BCUT2D eigenvalue weighted by Gasteiger charge is 2.29. The Morgan fingerprint density at radius 2 is 2.12 bits per heavy atom. The summed E-state index contributed by atoms with van der Waals surface area (Å²) < 4.78 is 4.26. The number of fused-ring (bicyclic) bond motifs is 2. The van der Waals surface area contributed by atoms with E-state index in [2.05, 4.69) is 51.5 Å². The Balaban J connectivity index is 1.63. The van der Waals surface area contributed by atoms with Crippen molar-refractivity contribution >= 4 is 5.65 Å². The van der Waals surface area contributed by atoms with Gasteiger partial charge in [-0.05, 0) is 19.1 Å². The van der Waals surface area contributed by atoms with Crippen LogP contribution in [0, 0.1) is 11.3 Å². The molecule has 0 bridgehead atoms. The summed E-state index contributed by atoms with van der Waals surface area (Å²) in [6, 6.07) is 6.06. The van der Waals surface area contributed by atoms with Crippen LogP contribution in [-0.4, -0.2) is 35.6 Å². The average Bonchev–Trinajstić information content (AvgIpc) is 3.21. The molecular weight excluding hydrogens is 314 g/mol. The minimum Gasteiger partial charge on any atom is -0.312 e. The molecule has 25 heavy (non-hydrogen) atoms. The first-order chi connectivity index (χ1) is 12.1. The van der Waals surface area contributed by atoms with Crippen LogP contribution in [0.1, 0.15) is 55.6 Å². The zero-order chi connectivity index (χ0) is 17.6. The topological polar surface area (TPSA) is 75.0 Å². The summed E-state index contributed by atoms with van der Waals surface area (Å²) in [4.78, 5) is 6.84. The first kappa shape index (κ1) is 15.8. The van der Waals surface area contributed by atoms with Crippen LogP contribution in [0.25, 0.3) is 5.65 Å². The minimum absolute atomic E-state index is 0.193. The fraction of sp³-hybridized carbons (Fsp3) is 0.444. The number of aromatic nitrogens is 5. The van der Waals surface area contributed by atoms with Crippen LogP contribution in [0.2, 0.25) is 0 Å². The van der Waals surface area contributed by atoms with E-state index < -0.39 is 0 Å². The lowest BCUT2D eigenvalue weighted by molar-refractivity contribution is 0.152. The van der Waals surface area contributed by atoms with Gasteiger partial charge in [-0.2, -0.15) is 5.26 Å². The molecule has 0 fully saturated rings. The third kappa shape index (κ3) is 2.59. The number of imidazole rings is 1. The first-order valence-corrected chi connectivity index (χ1v) is 8.61. The fourth-order valence-electron chi connectivity index (χ4n) is 3.52. The van der Waals surface area contributed by atoms with E-state index in [0.717, 1.165) is 42.6 Å². The molecule has 0 amide bonds. The maximum atomic E-state index is 9.13. The average molecular weight is 335 g/mol. The van der Waals surface area contributed by atoms with Crippen LogP contribution in [0.3, 0.4) is 0 Å². The fourth-order valence-corrected chi connectivity index (χ4v) is 3.52. The summed E-state index contributed by atoms with van der Waals surface area (Å²) in [6.45, 7) is 9.09. The second kappa shape index (κ2) is 5.97. The molecule has 1 atom stereocenters. The molecule has 1 unspecified atom stereocenters. The highest BCUT2D eigenvalue weighted by atomic mass is 15.4. The molecule has 1 aliphatic rings. The number of rotatable bonds is 3. The van der Waals surface area contributed by atoms with Gasteiger partial charge in [-0.3, -0.25) is 4.90 Å². The molecule has 4 rings (SSSR count). The Bertz CT molecular complexity index is 960. The van der Waals surface area contributed by atoms with Crippen molar-refractivity contribution in [1.29, 1.82) is 5.26 Å². The van der Waals surface area contributed by atoms with Crippen LogP contribution < -0.4 is 0 Å². The summed E-state index contributed by atoms with van der Waals surface area (Å²) in [7, 11) is 0. The largest absolute Gasteiger partial charge is 0.312 e. The molecule has 3 aromatic heterocycles. The molecule has 128 valence electrons. The van der Waals surface area contributed by atoms with Gasteiger partial charge in [0.15, 0.2) is 0 Å². The van der Waals surface area contributed by atoms with Gasteiger partial charge in [-0.25, -0.2) is 4.98 Å². The van der Waals surface area contributed by atoms with Crippen LogP contribution in [-0.2, 0) is 13.1 Å². The lowest BCUT2D eigenvalue weighted by Gasteiger charge is -2.33.